The first-order chi connectivity index (χ1) is 16.6. The second-order valence-corrected chi connectivity index (χ2v) is 10.8. The van der Waals surface area contributed by atoms with Crippen molar-refractivity contribution in [1.82, 2.24) is 24.7 Å². The van der Waals surface area contributed by atoms with E-state index in [0.717, 1.165) is 24.8 Å². The summed E-state index contributed by atoms with van der Waals surface area (Å²) < 4.78 is 39.0. The fourth-order valence-electron chi connectivity index (χ4n) is 3.74. The topological polar surface area (TPSA) is 115 Å². The molecule has 0 saturated carbocycles. The minimum absolute atomic E-state index is 0.233. The van der Waals surface area contributed by atoms with Crippen LogP contribution in [-0.2, 0) is 22.2 Å². The molecule has 0 bridgehead atoms. The van der Waals surface area contributed by atoms with Gasteiger partial charge in [-0.2, -0.15) is 4.31 Å². The predicted octanol–water partition coefficient (Wildman–Crippen LogP) is 4.18. The standard InChI is InChI=1S/C23H23N5O4S2/c29-34(30,28-12-5-2-6-13-28)19-11-7-10-18(15-19)22-26-27-23(32-22)33-16-21-25-24-20(31-21)14-17-8-3-1-4-9-17/h1,3-4,7-11,15H,2,5-6,12-14,16H2. The molecule has 0 atom stereocenters. The molecule has 11 heteroatoms. The van der Waals surface area contributed by atoms with Crippen LogP contribution in [0.1, 0.15) is 36.6 Å². The Kier molecular flexibility index (Phi) is 6.75. The van der Waals surface area contributed by atoms with E-state index in [9.17, 15) is 8.42 Å². The largest absolute Gasteiger partial charge is 0.424 e. The van der Waals surface area contributed by atoms with Crippen LogP contribution in [0.15, 0.2) is 73.5 Å². The fourth-order valence-corrected chi connectivity index (χ4v) is 5.90. The molecule has 1 aliphatic rings. The van der Waals surface area contributed by atoms with Crippen molar-refractivity contribution in [3.05, 3.63) is 71.9 Å². The molecular weight excluding hydrogens is 474 g/mol. The van der Waals surface area contributed by atoms with Crippen LogP contribution in [0.4, 0.5) is 0 Å². The number of benzene rings is 2. The molecule has 0 amide bonds. The van der Waals surface area contributed by atoms with Crippen molar-refractivity contribution in [2.45, 2.75) is 41.6 Å². The number of nitrogens with zero attached hydrogens (tertiary/aromatic N) is 5. The molecule has 1 saturated heterocycles. The molecule has 4 aromatic rings. The lowest BCUT2D eigenvalue weighted by atomic mass is 10.2. The van der Waals surface area contributed by atoms with Gasteiger partial charge in [0.2, 0.25) is 27.7 Å². The highest BCUT2D eigenvalue weighted by Crippen LogP contribution is 2.28. The van der Waals surface area contributed by atoms with Crippen LogP contribution >= 0.6 is 11.8 Å². The van der Waals surface area contributed by atoms with Crippen molar-refractivity contribution in [2.24, 2.45) is 0 Å². The third kappa shape index (κ3) is 5.21. The zero-order chi connectivity index (χ0) is 23.4. The molecular formula is C23H23N5O4S2. The van der Waals surface area contributed by atoms with Crippen LogP contribution < -0.4 is 0 Å². The highest BCUT2D eigenvalue weighted by Gasteiger charge is 2.26. The second kappa shape index (κ2) is 10.1. The van der Waals surface area contributed by atoms with Gasteiger partial charge in [-0.05, 0) is 36.6 Å². The monoisotopic (exact) mass is 497 g/mol. The molecule has 9 nitrogen and oxygen atoms in total. The summed E-state index contributed by atoms with van der Waals surface area (Å²) >= 11 is 1.28. The van der Waals surface area contributed by atoms with Crippen LogP contribution in [0.2, 0.25) is 0 Å². The minimum Gasteiger partial charge on any atom is -0.424 e. The molecule has 1 fully saturated rings. The molecule has 5 rings (SSSR count). The zero-order valence-electron chi connectivity index (χ0n) is 18.3. The van der Waals surface area contributed by atoms with Gasteiger partial charge in [-0.1, -0.05) is 54.6 Å². The second-order valence-electron chi connectivity index (χ2n) is 7.91. The van der Waals surface area contributed by atoms with E-state index in [4.69, 9.17) is 8.83 Å². The van der Waals surface area contributed by atoms with E-state index < -0.39 is 10.0 Å². The Morgan fingerprint density at radius 1 is 0.853 bits per heavy atom. The number of sulfonamides is 1. The molecule has 3 heterocycles. The average molecular weight is 498 g/mol. The maximum Gasteiger partial charge on any atom is 0.277 e. The van der Waals surface area contributed by atoms with Crippen molar-refractivity contribution in [1.29, 1.82) is 0 Å². The molecule has 34 heavy (non-hydrogen) atoms. The smallest absolute Gasteiger partial charge is 0.277 e. The molecule has 2 aromatic heterocycles. The van der Waals surface area contributed by atoms with Gasteiger partial charge in [0.25, 0.3) is 5.22 Å². The van der Waals surface area contributed by atoms with Gasteiger partial charge in [0.15, 0.2) is 0 Å². The van der Waals surface area contributed by atoms with E-state index in [0.29, 0.717) is 47.8 Å². The third-order valence-electron chi connectivity index (χ3n) is 5.47. The first-order valence-corrected chi connectivity index (χ1v) is 13.4. The number of thioether (sulfide) groups is 1. The SMILES string of the molecule is O=S(=O)(c1cccc(-c2nnc(SCc3nnc(Cc4ccccc4)o3)o2)c1)N1CCCCC1. The summed E-state index contributed by atoms with van der Waals surface area (Å²) in [6, 6.07) is 16.5. The van der Waals surface area contributed by atoms with E-state index >= 15 is 0 Å². The number of aromatic nitrogens is 4. The lowest BCUT2D eigenvalue weighted by molar-refractivity contribution is 0.346. The van der Waals surface area contributed by atoms with E-state index in [-0.39, 0.29) is 10.8 Å². The van der Waals surface area contributed by atoms with Gasteiger partial charge < -0.3 is 8.83 Å². The Labute approximate surface area is 201 Å². The first-order valence-electron chi connectivity index (χ1n) is 11.0. The molecule has 0 aliphatic carbocycles. The Bertz CT molecular complexity index is 1350. The number of rotatable bonds is 8. The molecule has 176 valence electrons. The summed E-state index contributed by atoms with van der Waals surface area (Å²) in [5.74, 6) is 1.64. The van der Waals surface area contributed by atoms with Crippen LogP contribution in [0.3, 0.4) is 0 Å². The van der Waals surface area contributed by atoms with E-state index in [1.165, 1.54) is 11.8 Å². The van der Waals surface area contributed by atoms with E-state index in [1.54, 1.807) is 28.6 Å². The molecule has 0 unspecified atom stereocenters. The summed E-state index contributed by atoms with van der Waals surface area (Å²) in [7, 11) is -3.54. The Morgan fingerprint density at radius 3 is 2.47 bits per heavy atom. The van der Waals surface area contributed by atoms with E-state index in [1.807, 2.05) is 30.3 Å². The lowest BCUT2D eigenvalue weighted by Gasteiger charge is -2.25. The van der Waals surface area contributed by atoms with Gasteiger partial charge in [-0.15, -0.1) is 20.4 Å². The normalized spacial score (nSPS) is 14.9. The average Bonchev–Trinajstić information content (AvgIpc) is 3.54. The molecule has 1 aliphatic heterocycles. The van der Waals surface area contributed by atoms with Crippen LogP contribution in [0.25, 0.3) is 11.5 Å². The first kappa shape index (κ1) is 22.8. The zero-order valence-corrected chi connectivity index (χ0v) is 20.0. The molecule has 0 N–H and O–H groups in total. The number of hydrogen-bond acceptors (Lipinski definition) is 9. The van der Waals surface area contributed by atoms with Crippen molar-refractivity contribution in [3.8, 4) is 11.5 Å². The minimum atomic E-state index is -3.54. The summed E-state index contributed by atoms with van der Waals surface area (Å²) in [4.78, 5) is 0.233. The molecule has 0 radical (unpaired) electrons. The molecule has 0 spiro atoms. The van der Waals surface area contributed by atoms with Gasteiger partial charge in [-0.3, -0.25) is 0 Å². The summed E-state index contributed by atoms with van der Waals surface area (Å²) in [6.07, 6.45) is 3.40. The van der Waals surface area contributed by atoms with Crippen molar-refractivity contribution >= 4 is 21.8 Å². The van der Waals surface area contributed by atoms with Gasteiger partial charge in [-0.25, -0.2) is 8.42 Å². The van der Waals surface area contributed by atoms with Crippen molar-refractivity contribution in [3.63, 3.8) is 0 Å². The predicted molar refractivity (Wildman–Crippen MR) is 125 cm³/mol. The van der Waals surface area contributed by atoms with Gasteiger partial charge in [0.05, 0.1) is 17.1 Å². The maximum atomic E-state index is 13.0. The van der Waals surface area contributed by atoms with Crippen LogP contribution in [0.5, 0.6) is 0 Å². The summed E-state index contributed by atoms with van der Waals surface area (Å²) in [5, 5.41) is 16.6. The number of hydrogen-bond donors (Lipinski definition) is 0. The third-order valence-corrected chi connectivity index (χ3v) is 8.16. The quantitative estimate of drug-likeness (QED) is 0.331. The van der Waals surface area contributed by atoms with Crippen LogP contribution in [-0.4, -0.2) is 46.2 Å². The van der Waals surface area contributed by atoms with Gasteiger partial charge in [0, 0.05) is 18.7 Å². The highest BCUT2D eigenvalue weighted by molar-refractivity contribution is 7.98. The van der Waals surface area contributed by atoms with E-state index in [2.05, 4.69) is 20.4 Å². The Hall–Kier alpha value is -3.02. The summed E-state index contributed by atoms with van der Waals surface area (Å²) in [5.41, 5.74) is 1.65. The van der Waals surface area contributed by atoms with Crippen molar-refractivity contribution in [2.75, 3.05) is 13.1 Å². The highest BCUT2D eigenvalue weighted by atomic mass is 32.2. The van der Waals surface area contributed by atoms with Crippen molar-refractivity contribution < 1.29 is 17.3 Å². The fraction of sp³-hybridized carbons (Fsp3) is 0.304. The van der Waals surface area contributed by atoms with Gasteiger partial charge in [0.1, 0.15) is 0 Å². The van der Waals surface area contributed by atoms with Gasteiger partial charge >= 0.3 is 0 Å². The molecule has 2 aromatic carbocycles. The van der Waals surface area contributed by atoms with Crippen LogP contribution in [0, 0.1) is 0 Å². The lowest BCUT2D eigenvalue weighted by Crippen LogP contribution is -2.35. The Morgan fingerprint density at radius 2 is 1.65 bits per heavy atom. The maximum absolute atomic E-state index is 13.0. The summed E-state index contributed by atoms with van der Waals surface area (Å²) in [6.45, 7) is 1.10. The number of piperidine rings is 1. The Balaban J connectivity index is 1.24.